The molecule has 0 saturated heterocycles. The molecule has 2 amide bonds. The molecule has 3 aromatic rings. The molecule has 3 heterocycles. The number of benzene rings is 2. The van der Waals surface area contributed by atoms with Crippen molar-refractivity contribution < 1.29 is 9.59 Å². The van der Waals surface area contributed by atoms with Crippen molar-refractivity contribution in [3.05, 3.63) is 75.1 Å². The molecule has 2 N–H and O–H groups in total. The zero-order chi connectivity index (χ0) is 24.1. The average molecular weight is 490 g/mol. The number of anilines is 1. The number of aryl methyl sites for hydroxylation is 1. The van der Waals surface area contributed by atoms with Gasteiger partial charge in [-0.1, -0.05) is 17.7 Å². The summed E-state index contributed by atoms with van der Waals surface area (Å²) < 4.78 is 1.59. The number of carbonyl (C=O) groups is 2. The van der Waals surface area contributed by atoms with Gasteiger partial charge in [0, 0.05) is 35.9 Å². The highest BCUT2D eigenvalue weighted by Gasteiger charge is 2.36. The average Bonchev–Trinajstić information content (AvgIpc) is 3.60. The number of hydrogen-bond donors (Lipinski definition) is 2. The van der Waals surface area contributed by atoms with Gasteiger partial charge in [-0.25, -0.2) is 4.68 Å². The predicted molar refractivity (Wildman–Crippen MR) is 136 cm³/mol. The maximum Gasteiger partial charge on any atom is 0.277 e. The summed E-state index contributed by atoms with van der Waals surface area (Å²) in [6.45, 7) is 5.06. The second kappa shape index (κ2) is 8.81. The first-order valence-electron chi connectivity index (χ1n) is 12.3. The van der Waals surface area contributed by atoms with Crippen LogP contribution in [0.5, 0.6) is 0 Å². The molecule has 8 heteroatoms. The van der Waals surface area contributed by atoms with Crippen LogP contribution < -0.4 is 15.5 Å². The number of rotatable bonds is 5. The van der Waals surface area contributed by atoms with E-state index in [0.717, 1.165) is 38.0 Å². The lowest BCUT2D eigenvalue weighted by Crippen LogP contribution is -2.39. The first-order valence-corrected chi connectivity index (χ1v) is 12.7. The van der Waals surface area contributed by atoms with E-state index in [1.807, 2.05) is 17.0 Å². The van der Waals surface area contributed by atoms with Gasteiger partial charge in [-0.15, -0.1) is 0 Å². The molecule has 1 saturated carbocycles. The summed E-state index contributed by atoms with van der Waals surface area (Å²) in [5, 5.41) is 11.6. The van der Waals surface area contributed by atoms with Crippen molar-refractivity contribution in [3.8, 4) is 5.69 Å². The van der Waals surface area contributed by atoms with Crippen molar-refractivity contribution in [2.24, 2.45) is 5.92 Å². The number of halogens is 1. The topological polar surface area (TPSA) is 79.3 Å². The lowest BCUT2D eigenvalue weighted by atomic mass is 9.94. The Kier molecular flexibility index (Phi) is 5.61. The molecule has 0 radical (unpaired) electrons. The highest BCUT2D eigenvalue weighted by molar-refractivity contribution is 6.30. The first-order chi connectivity index (χ1) is 17.0. The van der Waals surface area contributed by atoms with E-state index < -0.39 is 0 Å². The van der Waals surface area contributed by atoms with Gasteiger partial charge < -0.3 is 15.5 Å². The van der Waals surface area contributed by atoms with Crippen molar-refractivity contribution in [3.63, 3.8) is 0 Å². The molecule has 1 fully saturated rings. The van der Waals surface area contributed by atoms with Gasteiger partial charge in [-0.3, -0.25) is 9.59 Å². The monoisotopic (exact) mass is 489 g/mol. The Labute approximate surface area is 209 Å². The molecule has 3 aliphatic rings. The predicted octanol–water partition coefficient (Wildman–Crippen LogP) is 3.82. The minimum absolute atomic E-state index is 0.150. The summed E-state index contributed by atoms with van der Waals surface area (Å²) in [6.07, 6.45) is 3.86. The number of amides is 2. The lowest BCUT2D eigenvalue weighted by molar-refractivity contribution is 0.0945. The van der Waals surface area contributed by atoms with Gasteiger partial charge in [0.25, 0.3) is 11.8 Å². The number of nitrogens with one attached hydrogen (secondary N) is 2. The fraction of sp³-hybridized carbons (Fsp3) is 0.370. The van der Waals surface area contributed by atoms with E-state index >= 15 is 0 Å². The largest absolute Gasteiger partial charge is 0.350 e. The third-order valence-electron chi connectivity index (χ3n) is 7.26. The zero-order valence-corrected chi connectivity index (χ0v) is 20.5. The van der Waals surface area contributed by atoms with Crippen LogP contribution in [0.15, 0.2) is 36.4 Å². The van der Waals surface area contributed by atoms with Crippen molar-refractivity contribution in [1.82, 2.24) is 20.4 Å². The standard InChI is InChI=1S/C27H28ClN5O2/c1-16-11-21(12-18-15-29-9-7-22(16)18)32-10-8-23-24(26(34)30-14-17-5-6-17)31-33(25(23)27(32)35)20-4-2-3-19(28)13-20/h2-4,11-13,17,29H,5-10,14-15H2,1H3,(H,30,34). The normalized spacial score (nSPS) is 17.2. The van der Waals surface area contributed by atoms with Crippen molar-refractivity contribution >= 4 is 29.1 Å². The maximum absolute atomic E-state index is 14.0. The quantitative estimate of drug-likeness (QED) is 0.571. The third kappa shape index (κ3) is 4.13. The van der Waals surface area contributed by atoms with E-state index in [0.29, 0.717) is 53.1 Å². The minimum Gasteiger partial charge on any atom is -0.350 e. The van der Waals surface area contributed by atoms with Gasteiger partial charge in [-0.05, 0) is 92.1 Å². The summed E-state index contributed by atoms with van der Waals surface area (Å²) in [7, 11) is 0. The number of nitrogens with zero attached hydrogens (tertiary/aromatic N) is 3. The van der Waals surface area contributed by atoms with Gasteiger partial charge in [0.05, 0.1) is 5.69 Å². The van der Waals surface area contributed by atoms with Crippen molar-refractivity contribution in [2.45, 2.75) is 39.2 Å². The molecule has 2 aromatic carbocycles. The molecule has 0 atom stereocenters. The van der Waals surface area contributed by atoms with Gasteiger partial charge in [0.15, 0.2) is 5.69 Å². The molecular weight excluding hydrogens is 462 g/mol. The van der Waals surface area contributed by atoms with E-state index in [9.17, 15) is 9.59 Å². The van der Waals surface area contributed by atoms with Crippen LogP contribution in [0, 0.1) is 12.8 Å². The maximum atomic E-state index is 14.0. The lowest BCUT2D eigenvalue weighted by Gasteiger charge is -2.30. The Morgan fingerprint density at radius 1 is 1.17 bits per heavy atom. The molecule has 0 spiro atoms. The molecule has 1 aromatic heterocycles. The Bertz CT molecular complexity index is 1340. The fourth-order valence-corrected chi connectivity index (χ4v) is 5.39. The van der Waals surface area contributed by atoms with Crippen LogP contribution in [0.2, 0.25) is 5.02 Å². The number of aromatic nitrogens is 2. The van der Waals surface area contributed by atoms with Crippen LogP contribution in [0.4, 0.5) is 5.69 Å². The summed E-state index contributed by atoms with van der Waals surface area (Å²) in [5.41, 5.74) is 6.85. The second-order valence-corrected chi connectivity index (χ2v) is 10.2. The van der Waals surface area contributed by atoms with Gasteiger partial charge >= 0.3 is 0 Å². The molecule has 7 nitrogen and oxygen atoms in total. The second-order valence-electron chi connectivity index (χ2n) is 9.75. The summed E-state index contributed by atoms with van der Waals surface area (Å²) in [4.78, 5) is 28.9. The van der Waals surface area contributed by atoms with Gasteiger partial charge in [0.2, 0.25) is 0 Å². The van der Waals surface area contributed by atoms with E-state index in [-0.39, 0.29) is 11.8 Å². The first kappa shape index (κ1) is 22.3. The Morgan fingerprint density at radius 2 is 2.03 bits per heavy atom. The molecule has 1 aliphatic carbocycles. The number of fused-ring (bicyclic) bond motifs is 2. The molecule has 0 bridgehead atoms. The highest BCUT2D eigenvalue weighted by Crippen LogP contribution is 2.33. The van der Waals surface area contributed by atoms with Crippen LogP contribution in [-0.4, -0.2) is 41.2 Å². The highest BCUT2D eigenvalue weighted by atomic mass is 35.5. The number of hydrogen-bond acceptors (Lipinski definition) is 4. The van der Waals surface area contributed by atoms with E-state index in [1.165, 1.54) is 16.7 Å². The van der Waals surface area contributed by atoms with Crippen LogP contribution in [-0.2, 0) is 19.4 Å². The Balaban J connectivity index is 1.41. The fourth-order valence-electron chi connectivity index (χ4n) is 5.20. The van der Waals surface area contributed by atoms with Crippen LogP contribution >= 0.6 is 11.6 Å². The SMILES string of the molecule is Cc1cc(N2CCc3c(C(=O)NCC4CC4)nn(-c4cccc(Cl)c4)c3C2=O)cc2c1CCNC2. The van der Waals surface area contributed by atoms with Gasteiger partial charge in [-0.2, -0.15) is 5.10 Å². The van der Waals surface area contributed by atoms with Crippen LogP contribution in [0.3, 0.4) is 0 Å². The third-order valence-corrected chi connectivity index (χ3v) is 7.50. The van der Waals surface area contributed by atoms with Crippen molar-refractivity contribution in [2.75, 3.05) is 24.5 Å². The zero-order valence-electron chi connectivity index (χ0n) is 19.7. The molecular formula is C27H28ClN5O2. The van der Waals surface area contributed by atoms with E-state index in [2.05, 4.69) is 34.8 Å². The Hall–Kier alpha value is -3.16. The van der Waals surface area contributed by atoms with Crippen molar-refractivity contribution in [1.29, 1.82) is 0 Å². The summed E-state index contributed by atoms with van der Waals surface area (Å²) >= 11 is 6.26. The molecule has 2 aliphatic heterocycles. The van der Waals surface area contributed by atoms with E-state index in [1.54, 1.807) is 16.8 Å². The Morgan fingerprint density at radius 3 is 2.83 bits per heavy atom. The molecule has 180 valence electrons. The summed E-state index contributed by atoms with van der Waals surface area (Å²) in [5.74, 6) is 0.192. The number of carbonyl (C=O) groups excluding carboxylic acids is 2. The minimum atomic E-state index is -0.217. The van der Waals surface area contributed by atoms with Crippen LogP contribution in [0.1, 0.15) is 56.1 Å². The molecule has 6 rings (SSSR count). The van der Waals surface area contributed by atoms with Crippen LogP contribution in [0.25, 0.3) is 5.69 Å². The molecule has 0 unspecified atom stereocenters. The molecule has 35 heavy (non-hydrogen) atoms. The van der Waals surface area contributed by atoms with E-state index in [4.69, 9.17) is 11.6 Å². The van der Waals surface area contributed by atoms with Gasteiger partial charge in [0.1, 0.15) is 5.69 Å². The smallest absolute Gasteiger partial charge is 0.277 e. The summed E-state index contributed by atoms with van der Waals surface area (Å²) in [6, 6.07) is 11.5.